The lowest BCUT2D eigenvalue weighted by Crippen LogP contribution is -2.26. The second-order valence-corrected chi connectivity index (χ2v) is 4.52. The third-order valence-corrected chi connectivity index (χ3v) is 2.85. The van der Waals surface area contributed by atoms with Crippen molar-refractivity contribution in [1.82, 2.24) is 0 Å². The molecule has 96 valence electrons. The van der Waals surface area contributed by atoms with Crippen LogP contribution in [-0.2, 0) is 0 Å². The molecule has 0 aliphatic carbocycles. The van der Waals surface area contributed by atoms with E-state index in [2.05, 4.69) is 0 Å². The highest BCUT2D eigenvalue weighted by molar-refractivity contribution is 6.00. The van der Waals surface area contributed by atoms with Crippen molar-refractivity contribution in [3.63, 3.8) is 0 Å². The first kappa shape index (κ1) is 13.2. The van der Waals surface area contributed by atoms with Crippen molar-refractivity contribution in [1.29, 1.82) is 0 Å². The Labute approximate surface area is 113 Å². The van der Waals surface area contributed by atoms with E-state index in [0.717, 1.165) is 11.1 Å². The molecule has 2 N–H and O–H groups in total. The van der Waals surface area contributed by atoms with Crippen LogP contribution in [0.1, 0.15) is 28.4 Å². The monoisotopic (exact) mass is 251 g/mol. The summed E-state index contributed by atoms with van der Waals surface area (Å²) in [4.78, 5) is 11.8. The maximum atomic E-state index is 11.8. The average Bonchev–Trinajstić information content (AvgIpc) is 2.45. The molecule has 19 heavy (non-hydrogen) atoms. The Balaban J connectivity index is 2.20. The number of carbonyl (C=O) groups is 1. The molecule has 0 amide bonds. The lowest BCUT2D eigenvalue weighted by Gasteiger charge is -2.04. The molecule has 0 saturated carbocycles. The molecule has 1 atom stereocenters. The van der Waals surface area contributed by atoms with Crippen molar-refractivity contribution in [2.75, 3.05) is 0 Å². The van der Waals surface area contributed by atoms with Gasteiger partial charge in [0.2, 0.25) is 0 Å². The summed E-state index contributed by atoms with van der Waals surface area (Å²) in [6, 6.07) is 17.1. The fraction of sp³-hybridized carbons (Fsp3) is 0.118. The van der Waals surface area contributed by atoms with Gasteiger partial charge in [-0.1, -0.05) is 60.7 Å². The van der Waals surface area contributed by atoms with Crippen molar-refractivity contribution in [2.45, 2.75) is 13.0 Å². The van der Waals surface area contributed by atoms with Gasteiger partial charge < -0.3 is 5.73 Å². The normalized spacial score (nSPS) is 12.5. The molecular formula is C17H17NO. The lowest BCUT2D eigenvalue weighted by atomic mass is 10.0. The largest absolute Gasteiger partial charge is 0.321 e. The molecular weight excluding hydrogens is 234 g/mol. The number of hydrogen-bond acceptors (Lipinski definition) is 2. The summed E-state index contributed by atoms with van der Waals surface area (Å²) >= 11 is 0. The van der Waals surface area contributed by atoms with E-state index in [1.54, 1.807) is 13.0 Å². The van der Waals surface area contributed by atoms with E-state index >= 15 is 0 Å². The first-order valence-corrected chi connectivity index (χ1v) is 6.30. The van der Waals surface area contributed by atoms with E-state index in [0.29, 0.717) is 5.56 Å². The summed E-state index contributed by atoms with van der Waals surface area (Å²) in [7, 11) is 0. The molecule has 2 aromatic rings. The van der Waals surface area contributed by atoms with Crippen molar-refractivity contribution in [2.24, 2.45) is 5.73 Å². The van der Waals surface area contributed by atoms with Crippen LogP contribution in [0, 0.1) is 0 Å². The van der Waals surface area contributed by atoms with Gasteiger partial charge in [0.05, 0.1) is 6.04 Å². The third-order valence-electron chi connectivity index (χ3n) is 2.85. The fourth-order valence-electron chi connectivity index (χ4n) is 1.82. The van der Waals surface area contributed by atoms with Gasteiger partial charge in [-0.2, -0.15) is 0 Å². The zero-order valence-electron chi connectivity index (χ0n) is 10.9. The highest BCUT2D eigenvalue weighted by Gasteiger charge is 2.10. The van der Waals surface area contributed by atoms with Crippen molar-refractivity contribution in [3.8, 4) is 0 Å². The lowest BCUT2D eigenvalue weighted by molar-refractivity contribution is 0.0968. The van der Waals surface area contributed by atoms with Crippen LogP contribution in [-0.4, -0.2) is 11.8 Å². The molecule has 0 aliphatic heterocycles. The van der Waals surface area contributed by atoms with E-state index in [1.807, 2.05) is 60.7 Å². The number of rotatable bonds is 4. The Morgan fingerprint density at radius 2 is 1.63 bits per heavy atom. The van der Waals surface area contributed by atoms with E-state index in [4.69, 9.17) is 5.73 Å². The Morgan fingerprint density at radius 3 is 2.32 bits per heavy atom. The van der Waals surface area contributed by atoms with Crippen LogP contribution in [0.15, 0.2) is 54.6 Å². The van der Waals surface area contributed by atoms with E-state index < -0.39 is 6.04 Å². The third kappa shape index (κ3) is 3.63. The van der Waals surface area contributed by atoms with Gasteiger partial charge in [0.15, 0.2) is 5.78 Å². The van der Waals surface area contributed by atoms with E-state index in [1.165, 1.54) is 0 Å². The molecule has 2 aromatic carbocycles. The predicted molar refractivity (Wildman–Crippen MR) is 79.8 cm³/mol. The second kappa shape index (κ2) is 6.12. The minimum Gasteiger partial charge on any atom is -0.321 e. The molecule has 0 fully saturated rings. The van der Waals surface area contributed by atoms with Crippen LogP contribution < -0.4 is 5.73 Å². The van der Waals surface area contributed by atoms with Gasteiger partial charge in [-0.25, -0.2) is 0 Å². The maximum absolute atomic E-state index is 11.8. The van der Waals surface area contributed by atoms with Crippen LogP contribution in [0.5, 0.6) is 0 Å². The van der Waals surface area contributed by atoms with E-state index in [9.17, 15) is 4.79 Å². The molecule has 0 radical (unpaired) electrons. The molecule has 0 spiro atoms. The standard InChI is InChI=1S/C17H17NO/c1-13(18)17(19)16-9-5-8-15(12-16)11-10-14-6-3-2-4-7-14/h2-13H,18H2,1H3. The SMILES string of the molecule is CC(N)C(=O)c1cccc(C=Cc2ccccc2)c1. The van der Waals surface area contributed by atoms with Gasteiger partial charge in [0.1, 0.15) is 0 Å². The zero-order chi connectivity index (χ0) is 13.7. The minimum absolute atomic E-state index is 0.0324. The van der Waals surface area contributed by atoms with Gasteiger partial charge in [-0.15, -0.1) is 0 Å². The average molecular weight is 251 g/mol. The van der Waals surface area contributed by atoms with Gasteiger partial charge in [0.25, 0.3) is 0 Å². The number of hydrogen-bond donors (Lipinski definition) is 1. The summed E-state index contributed by atoms with van der Waals surface area (Å²) in [5.74, 6) is -0.0324. The molecule has 1 unspecified atom stereocenters. The van der Waals surface area contributed by atoms with Crippen LogP contribution in [0.25, 0.3) is 12.2 Å². The Morgan fingerprint density at radius 1 is 1.00 bits per heavy atom. The quantitative estimate of drug-likeness (QED) is 0.668. The molecule has 0 saturated heterocycles. The fourth-order valence-corrected chi connectivity index (χ4v) is 1.82. The summed E-state index contributed by atoms with van der Waals surface area (Å²) < 4.78 is 0. The summed E-state index contributed by atoms with van der Waals surface area (Å²) in [6.45, 7) is 1.70. The number of nitrogens with two attached hydrogens (primary N) is 1. The number of Topliss-reactive ketones (excluding diaryl/α,β-unsaturated/α-hetero) is 1. The first-order chi connectivity index (χ1) is 9.16. The molecule has 0 aromatic heterocycles. The predicted octanol–water partition coefficient (Wildman–Crippen LogP) is 3.39. The van der Waals surface area contributed by atoms with Gasteiger partial charge in [0, 0.05) is 5.56 Å². The summed E-state index contributed by atoms with van der Waals surface area (Å²) in [5.41, 5.74) is 8.40. The number of carbonyl (C=O) groups excluding carboxylic acids is 1. The van der Waals surface area contributed by atoms with Crippen molar-refractivity contribution in [3.05, 3.63) is 71.3 Å². The second-order valence-electron chi connectivity index (χ2n) is 4.52. The molecule has 2 rings (SSSR count). The Kier molecular flexibility index (Phi) is 4.26. The first-order valence-electron chi connectivity index (χ1n) is 6.30. The van der Waals surface area contributed by atoms with Crippen molar-refractivity contribution >= 4 is 17.9 Å². The maximum Gasteiger partial charge on any atom is 0.179 e. The van der Waals surface area contributed by atoms with Crippen molar-refractivity contribution < 1.29 is 4.79 Å². The smallest absolute Gasteiger partial charge is 0.179 e. The number of ketones is 1. The van der Waals surface area contributed by atoms with Gasteiger partial charge in [-0.3, -0.25) is 4.79 Å². The summed E-state index contributed by atoms with van der Waals surface area (Å²) in [5, 5.41) is 0. The van der Waals surface area contributed by atoms with Crippen LogP contribution >= 0.6 is 0 Å². The van der Waals surface area contributed by atoms with Gasteiger partial charge >= 0.3 is 0 Å². The molecule has 2 heteroatoms. The highest BCUT2D eigenvalue weighted by atomic mass is 16.1. The van der Waals surface area contributed by atoms with E-state index in [-0.39, 0.29) is 5.78 Å². The van der Waals surface area contributed by atoms with Gasteiger partial charge in [-0.05, 0) is 24.1 Å². The topological polar surface area (TPSA) is 43.1 Å². The summed E-state index contributed by atoms with van der Waals surface area (Å²) in [6.07, 6.45) is 4.02. The Hall–Kier alpha value is -2.19. The molecule has 0 heterocycles. The Bertz CT molecular complexity index is 585. The number of benzene rings is 2. The zero-order valence-corrected chi connectivity index (χ0v) is 10.9. The molecule has 0 bridgehead atoms. The minimum atomic E-state index is -0.464. The van der Waals surface area contributed by atoms with Crippen LogP contribution in [0.2, 0.25) is 0 Å². The molecule has 0 aliphatic rings. The van der Waals surface area contributed by atoms with Crippen LogP contribution in [0.3, 0.4) is 0 Å². The van der Waals surface area contributed by atoms with Crippen LogP contribution in [0.4, 0.5) is 0 Å². The highest BCUT2D eigenvalue weighted by Crippen LogP contribution is 2.11. The molecule has 2 nitrogen and oxygen atoms in total.